The number of aryl methyl sites for hydroxylation is 1. The van der Waals surface area contributed by atoms with E-state index >= 15 is 0 Å². The summed E-state index contributed by atoms with van der Waals surface area (Å²) in [5, 5.41) is 2.92. The smallest absolute Gasteiger partial charge is 0.294 e. The average Bonchev–Trinajstić information content (AvgIpc) is 3.37. The van der Waals surface area contributed by atoms with Crippen molar-refractivity contribution in [1.82, 2.24) is 9.38 Å². The largest absolute Gasteiger partial charge is 0.320 e. The minimum absolute atomic E-state index is 0.212. The van der Waals surface area contributed by atoms with Gasteiger partial charge in [-0.3, -0.25) is 14.0 Å². The molecule has 2 aromatic carbocycles. The van der Waals surface area contributed by atoms with E-state index in [9.17, 15) is 9.59 Å². The van der Waals surface area contributed by atoms with Gasteiger partial charge in [0.05, 0.1) is 5.52 Å². The summed E-state index contributed by atoms with van der Waals surface area (Å²) in [6.45, 7) is 2.53. The Labute approximate surface area is 173 Å². The summed E-state index contributed by atoms with van der Waals surface area (Å²) in [5.74, 6) is -0.317. The van der Waals surface area contributed by atoms with Crippen molar-refractivity contribution in [2.24, 2.45) is 0 Å². The first-order valence-electron chi connectivity index (χ1n) is 9.87. The third kappa shape index (κ3) is 2.93. The number of carbonyl (C=O) groups is 2. The molecule has 2 amide bonds. The van der Waals surface area contributed by atoms with Crippen molar-refractivity contribution in [2.45, 2.75) is 13.3 Å². The number of fused-ring (bicyclic) bond motifs is 2. The number of amides is 2. The van der Waals surface area contributed by atoms with Crippen LogP contribution in [-0.2, 0) is 6.42 Å². The predicted molar refractivity (Wildman–Crippen MR) is 116 cm³/mol. The van der Waals surface area contributed by atoms with Crippen LogP contribution in [0.5, 0.6) is 0 Å². The van der Waals surface area contributed by atoms with Crippen LogP contribution in [0.25, 0.3) is 5.52 Å². The molecule has 5 rings (SSSR count). The molecule has 0 aliphatic carbocycles. The molecule has 30 heavy (non-hydrogen) atoms. The number of hydrogen-bond acceptors (Lipinski definition) is 3. The zero-order valence-corrected chi connectivity index (χ0v) is 16.5. The van der Waals surface area contributed by atoms with Gasteiger partial charge in [-0.15, -0.1) is 0 Å². The highest BCUT2D eigenvalue weighted by Gasteiger charge is 2.30. The molecule has 1 aliphatic rings. The molecule has 0 fully saturated rings. The number of para-hydroxylation sites is 2. The van der Waals surface area contributed by atoms with Crippen molar-refractivity contribution in [3.05, 3.63) is 95.6 Å². The van der Waals surface area contributed by atoms with Crippen LogP contribution in [0.15, 0.2) is 72.9 Å². The zero-order valence-electron chi connectivity index (χ0n) is 16.5. The maximum Gasteiger partial charge on any atom is 0.294 e. The highest BCUT2D eigenvalue weighted by Crippen LogP contribution is 2.29. The molecule has 6 nitrogen and oxygen atoms in total. The lowest BCUT2D eigenvalue weighted by Gasteiger charge is -2.16. The van der Waals surface area contributed by atoms with E-state index in [1.54, 1.807) is 21.6 Å². The standard InChI is InChI=1S/C24H20N4O2/c1-16-8-2-4-10-18(16)25-23(29)21-20-12-6-7-14-27(20)22(26-21)24(30)28-15-13-17-9-3-5-11-19(17)28/h2-12,14H,13,15H2,1H3,(H,25,29). The molecule has 0 saturated carbocycles. The van der Waals surface area contributed by atoms with Crippen molar-refractivity contribution in [3.8, 4) is 0 Å². The molecular weight excluding hydrogens is 376 g/mol. The second-order valence-corrected chi connectivity index (χ2v) is 7.34. The maximum absolute atomic E-state index is 13.4. The number of carbonyl (C=O) groups excluding carboxylic acids is 2. The van der Waals surface area contributed by atoms with Gasteiger partial charge in [-0.05, 0) is 48.7 Å². The Bertz CT molecular complexity index is 1290. The molecule has 1 N–H and O–H groups in total. The number of benzene rings is 2. The lowest BCUT2D eigenvalue weighted by atomic mass is 10.2. The summed E-state index contributed by atoms with van der Waals surface area (Å²) < 4.78 is 1.69. The van der Waals surface area contributed by atoms with E-state index in [1.807, 2.05) is 67.6 Å². The van der Waals surface area contributed by atoms with Gasteiger partial charge in [0.25, 0.3) is 11.8 Å². The van der Waals surface area contributed by atoms with E-state index < -0.39 is 0 Å². The highest BCUT2D eigenvalue weighted by molar-refractivity contribution is 6.11. The number of aromatic nitrogens is 2. The van der Waals surface area contributed by atoms with Gasteiger partial charge in [0.2, 0.25) is 5.82 Å². The fourth-order valence-electron chi connectivity index (χ4n) is 3.92. The van der Waals surface area contributed by atoms with E-state index in [4.69, 9.17) is 0 Å². The summed E-state index contributed by atoms with van der Waals surface area (Å²) in [7, 11) is 0. The molecule has 0 spiro atoms. The van der Waals surface area contributed by atoms with Crippen LogP contribution in [-0.4, -0.2) is 27.7 Å². The third-order valence-corrected chi connectivity index (χ3v) is 5.48. The Balaban J connectivity index is 1.54. The topological polar surface area (TPSA) is 66.7 Å². The number of anilines is 2. The van der Waals surface area contributed by atoms with Crippen molar-refractivity contribution >= 4 is 28.7 Å². The Kier molecular flexibility index (Phi) is 4.32. The molecule has 0 bridgehead atoms. The van der Waals surface area contributed by atoms with E-state index in [1.165, 1.54) is 0 Å². The van der Waals surface area contributed by atoms with E-state index in [0.717, 1.165) is 28.9 Å². The van der Waals surface area contributed by atoms with E-state index in [-0.39, 0.29) is 23.3 Å². The molecule has 2 aromatic heterocycles. The van der Waals surface area contributed by atoms with Crippen LogP contribution in [0.2, 0.25) is 0 Å². The fourth-order valence-corrected chi connectivity index (χ4v) is 3.92. The Morgan fingerprint density at radius 3 is 2.60 bits per heavy atom. The third-order valence-electron chi connectivity index (χ3n) is 5.48. The van der Waals surface area contributed by atoms with Gasteiger partial charge in [0.15, 0.2) is 5.69 Å². The molecule has 0 unspecified atom stereocenters. The monoisotopic (exact) mass is 396 g/mol. The number of nitrogens with zero attached hydrogens (tertiary/aromatic N) is 3. The Hall–Kier alpha value is -3.93. The lowest BCUT2D eigenvalue weighted by molar-refractivity contribution is 0.0979. The fraction of sp³-hybridized carbons (Fsp3) is 0.125. The first-order valence-corrected chi connectivity index (χ1v) is 9.87. The number of imidazole rings is 1. The molecule has 0 radical (unpaired) electrons. The second-order valence-electron chi connectivity index (χ2n) is 7.34. The Morgan fingerprint density at radius 2 is 1.73 bits per heavy atom. The molecule has 0 atom stereocenters. The molecule has 4 aromatic rings. The first kappa shape index (κ1) is 18.1. The maximum atomic E-state index is 13.4. The molecule has 148 valence electrons. The van der Waals surface area contributed by atoms with Crippen molar-refractivity contribution in [2.75, 3.05) is 16.8 Å². The SMILES string of the molecule is Cc1ccccc1NC(=O)c1nc(C(=O)N2CCc3ccccc32)n2ccccc12. The highest BCUT2D eigenvalue weighted by atomic mass is 16.2. The van der Waals surface area contributed by atoms with E-state index in [0.29, 0.717) is 12.1 Å². The zero-order chi connectivity index (χ0) is 20.7. The van der Waals surface area contributed by atoms with Crippen LogP contribution in [0.3, 0.4) is 0 Å². The quantitative estimate of drug-likeness (QED) is 0.567. The van der Waals surface area contributed by atoms with Gasteiger partial charge >= 0.3 is 0 Å². The van der Waals surface area contributed by atoms with Crippen LogP contribution < -0.4 is 10.2 Å². The number of rotatable bonds is 3. The number of nitrogens with one attached hydrogen (secondary N) is 1. The van der Waals surface area contributed by atoms with Crippen LogP contribution >= 0.6 is 0 Å². The minimum Gasteiger partial charge on any atom is -0.320 e. The summed E-state index contributed by atoms with van der Waals surface area (Å²) in [5.41, 5.74) is 4.56. The van der Waals surface area contributed by atoms with Crippen LogP contribution in [0.1, 0.15) is 32.2 Å². The summed E-state index contributed by atoms with van der Waals surface area (Å²) >= 11 is 0. The normalized spacial score (nSPS) is 12.8. The molecule has 6 heteroatoms. The van der Waals surface area contributed by atoms with Crippen LogP contribution in [0, 0.1) is 6.92 Å². The van der Waals surface area contributed by atoms with Gasteiger partial charge in [-0.25, -0.2) is 4.98 Å². The molecular formula is C24H20N4O2. The number of hydrogen-bond donors (Lipinski definition) is 1. The van der Waals surface area contributed by atoms with Gasteiger partial charge in [-0.2, -0.15) is 0 Å². The summed E-state index contributed by atoms with van der Waals surface area (Å²) in [4.78, 5) is 32.6. The second kappa shape index (κ2) is 7.15. The van der Waals surface area contributed by atoms with Gasteiger partial charge in [0, 0.05) is 24.1 Å². The van der Waals surface area contributed by atoms with Crippen molar-refractivity contribution in [1.29, 1.82) is 0 Å². The molecule has 0 saturated heterocycles. The van der Waals surface area contributed by atoms with Gasteiger partial charge in [-0.1, -0.05) is 42.5 Å². The summed E-state index contributed by atoms with van der Waals surface area (Å²) in [6.07, 6.45) is 2.58. The van der Waals surface area contributed by atoms with Crippen molar-refractivity contribution < 1.29 is 9.59 Å². The van der Waals surface area contributed by atoms with Crippen LogP contribution in [0.4, 0.5) is 11.4 Å². The summed E-state index contributed by atoms with van der Waals surface area (Å²) in [6, 6.07) is 20.9. The number of pyridine rings is 1. The average molecular weight is 396 g/mol. The first-order chi connectivity index (χ1) is 14.6. The Morgan fingerprint density at radius 1 is 0.967 bits per heavy atom. The van der Waals surface area contributed by atoms with Crippen molar-refractivity contribution in [3.63, 3.8) is 0 Å². The minimum atomic E-state index is -0.339. The predicted octanol–water partition coefficient (Wildman–Crippen LogP) is 4.10. The molecule has 1 aliphatic heterocycles. The van der Waals surface area contributed by atoms with Gasteiger partial charge < -0.3 is 10.2 Å². The lowest BCUT2D eigenvalue weighted by Crippen LogP contribution is -2.30. The van der Waals surface area contributed by atoms with E-state index in [2.05, 4.69) is 10.3 Å². The molecule has 3 heterocycles. The van der Waals surface area contributed by atoms with Gasteiger partial charge in [0.1, 0.15) is 0 Å².